The van der Waals surface area contributed by atoms with Crippen molar-refractivity contribution in [3.8, 4) is 0 Å². The van der Waals surface area contributed by atoms with Crippen molar-refractivity contribution in [3.05, 3.63) is 29.8 Å². The van der Waals surface area contributed by atoms with Gasteiger partial charge in [0.05, 0.1) is 0 Å². The molecule has 0 atom stereocenters. The van der Waals surface area contributed by atoms with Crippen LogP contribution in [-0.2, 0) is 0 Å². The molecule has 1 rings (SSSR count). The number of aryl methyl sites for hydroxylation is 1. The highest BCUT2D eigenvalue weighted by atomic mass is 16.2. The summed E-state index contributed by atoms with van der Waals surface area (Å²) in [5.41, 5.74) is 2.14. The van der Waals surface area contributed by atoms with Gasteiger partial charge in [-0.3, -0.25) is 4.90 Å². The molecule has 0 unspecified atom stereocenters. The Balaban J connectivity index is 2.82. The molecule has 0 radical (unpaired) electrons. The quantitative estimate of drug-likeness (QED) is 0.810. The number of benzene rings is 1. The predicted octanol–water partition coefficient (Wildman–Crippen LogP) is 2.55. The van der Waals surface area contributed by atoms with E-state index >= 15 is 0 Å². The van der Waals surface area contributed by atoms with E-state index in [1.165, 1.54) is 5.56 Å². The van der Waals surface area contributed by atoms with Crippen LogP contribution in [0.25, 0.3) is 0 Å². The number of carbonyl (C=O) groups excluding carboxylic acids is 1. The second kappa shape index (κ2) is 5.39. The fourth-order valence-corrected chi connectivity index (χ4v) is 1.41. The van der Waals surface area contributed by atoms with Crippen molar-refractivity contribution in [2.24, 2.45) is 0 Å². The van der Waals surface area contributed by atoms with Gasteiger partial charge < -0.3 is 5.32 Å². The summed E-state index contributed by atoms with van der Waals surface area (Å²) in [6.07, 6.45) is 0. The maximum absolute atomic E-state index is 11.7. The zero-order chi connectivity index (χ0) is 11.3. The Hall–Kier alpha value is -1.51. The number of rotatable bonds is 3. The van der Waals surface area contributed by atoms with E-state index in [4.69, 9.17) is 0 Å². The highest BCUT2D eigenvalue weighted by molar-refractivity contribution is 5.91. The second-order valence-corrected chi connectivity index (χ2v) is 3.42. The molecule has 82 valence electrons. The largest absolute Gasteiger partial charge is 0.338 e. The lowest BCUT2D eigenvalue weighted by atomic mass is 10.2. The lowest BCUT2D eigenvalue weighted by Gasteiger charge is -2.21. The number of nitrogens with zero attached hydrogens (tertiary/aromatic N) is 1. The van der Waals surface area contributed by atoms with Gasteiger partial charge in [0, 0.05) is 18.8 Å². The molecule has 0 bridgehead atoms. The topological polar surface area (TPSA) is 32.3 Å². The van der Waals surface area contributed by atoms with E-state index in [-0.39, 0.29) is 6.03 Å². The van der Waals surface area contributed by atoms with E-state index in [9.17, 15) is 4.79 Å². The SMILES string of the molecule is CCNC(=O)N(CC)c1ccc(C)cc1. The van der Waals surface area contributed by atoms with E-state index in [2.05, 4.69) is 5.32 Å². The van der Waals surface area contributed by atoms with Crippen molar-refractivity contribution < 1.29 is 4.79 Å². The van der Waals surface area contributed by atoms with Gasteiger partial charge in [0.1, 0.15) is 0 Å². The summed E-state index contributed by atoms with van der Waals surface area (Å²) in [6, 6.07) is 7.92. The van der Waals surface area contributed by atoms with Crippen LogP contribution in [0.5, 0.6) is 0 Å². The molecule has 0 saturated heterocycles. The molecule has 2 amide bonds. The molecule has 0 spiro atoms. The Morgan fingerprint density at radius 1 is 1.27 bits per heavy atom. The molecule has 0 heterocycles. The summed E-state index contributed by atoms with van der Waals surface area (Å²) in [5.74, 6) is 0. The molecule has 0 aliphatic heterocycles. The van der Waals surface area contributed by atoms with Crippen LogP contribution < -0.4 is 10.2 Å². The zero-order valence-electron chi connectivity index (χ0n) is 9.58. The third-order valence-corrected chi connectivity index (χ3v) is 2.24. The molecule has 0 aliphatic rings. The van der Waals surface area contributed by atoms with Crippen LogP contribution >= 0.6 is 0 Å². The molecule has 0 aromatic heterocycles. The Kier molecular flexibility index (Phi) is 4.16. The van der Waals surface area contributed by atoms with E-state index in [1.807, 2.05) is 45.0 Å². The van der Waals surface area contributed by atoms with Crippen LogP contribution in [0.3, 0.4) is 0 Å². The molecule has 0 fully saturated rings. The van der Waals surface area contributed by atoms with Crippen molar-refractivity contribution in [3.63, 3.8) is 0 Å². The van der Waals surface area contributed by atoms with Gasteiger partial charge in [-0.25, -0.2) is 4.79 Å². The summed E-state index contributed by atoms with van der Waals surface area (Å²) < 4.78 is 0. The van der Waals surface area contributed by atoms with Crippen LogP contribution in [0, 0.1) is 6.92 Å². The van der Waals surface area contributed by atoms with E-state index < -0.39 is 0 Å². The van der Waals surface area contributed by atoms with Gasteiger partial charge in [0.15, 0.2) is 0 Å². The van der Waals surface area contributed by atoms with Gasteiger partial charge in [-0.05, 0) is 32.9 Å². The van der Waals surface area contributed by atoms with Gasteiger partial charge in [-0.15, -0.1) is 0 Å². The molecule has 1 aromatic carbocycles. The number of carbonyl (C=O) groups is 1. The summed E-state index contributed by atoms with van der Waals surface area (Å²) in [4.78, 5) is 13.4. The van der Waals surface area contributed by atoms with Gasteiger partial charge >= 0.3 is 6.03 Å². The minimum absolute atomic E-state index is 0.0381. The van der Waals surface area contributed by atoms with Gasteiger partial charge in [0.25, 0.3) is 0 Å². The van der Waals surface area contributed by atoms with Crippen molar-refractivity contribution >= 4 is 11.7 Å². The summed E-state index contributed by atoms with van der Waals surface area (Å²) in [6.45, 7) is 7.25. The first kappa shape index (κ1) is 11.6. The Bertz CT molecular complexity index is 319. The lowest BCUT2D eigenvalue weighted by Crippen LogP contribution is -2.39. The first-order chi connectivity index (χ1) is 7.19. The Morgan fingerprint density at radius 3 is 2.33 bits per heavy atom. The molecule has 0 aliphatic carbocycles. The average molecular weight is 206 g/mol. The van der Waals surface area contributed by atoms with Gasteiger partial charge in [-0.2, -0.15) is 0 Å². The molecule has 15 heavy (non-hydrogen) atoms. The number of hydrogen-bond donors (Lipinski definition) is 1. The van der Waals surface area contributed by atoms with E-state index in [0.717, 1.165) is 5.69 Å². The summed E-state index contributed by atoms with van der Waals surface area (Å²) in [7, 11) is 0. The molecule has 3 heteroatoms. The van der Waals surface area contributed by atoms with Gasteiger partial charge in [-0.1, -0.05) is 17.7 Å². The monoisotopic (exact) mass is 206 g/mol. The molecule has 1 aromatic rings. The Labute approximate surface area is 91.1 Å². The fraction of sp³-hybridized carbons (Fsp3) is 0.417. The van der Waals surface area contributed by atoms with E-state index in [1.54, 1.807) is 4.90 Å². The third-order valence-electron chi connectivity index (χ3n) is 2.24. The van der Waals surface area contributed by atoms with Crippen LogP contribution in [0.2, 0.25) is 0 Å². The summed E-state index contributed by atoms with van der Waals surface area (Å²) >= 11 is 0. The number of anilines is 1. The van der Waals surface area contributed by atoms with Crippen LogP contribution in [0.4, 0.5) is 10.5 Å². The molecule has 0 saturated carbocycles. The minimum Gasteiger partial charge on any atom is -0.338 e. The highest BCUT2D eigenvalue weighted by Gasteiger charge is 2.11. The first-order valence-electron chi connectivity index (χ1n) is 5.31. The average Bonchev–Trinajstić information content (AvgIpc) is 2.22. The van der Waals surface area contributed by atoms with E-state index in [0.29, 0.717) is 13.1 Å². The third kappa shape index (κ3) is 2.98. The lowest BCUT2D eigenvalue weighted by molar-refractivity contribution is 0.247. The molecular weight excluding hydrogens is 188 g/mol. The smallest absolute Gasteiger partial charge is 0.321 e. The van der Waals surface area contributed by atoms with Crippen molar-refractivity contribution in [1.82, 2.24) is 5.32 Å². The van der Waals surface area contributed by atoms with Crippen LogP contribution in [-0.4, -0.2) is 19.1 Å². The normalized spacial score (nSPS) is 9.80. The first-order valence-corrected chi connectivity index (χ1v) is 5.31. The minimum atomic E-state index is -0.0381. The standard InChI is InChI=1S/C12H18N2O/c1-4-13-12(15)14(5-2)11-8-6-10(3)7-9-11/h6-9H,4-5H2,1-3H3,(H,13,15). The van der Waals surface area contributed by atoms with Crippen LogP contribution in [0.15, 0.2) is 24.3 Å². The molecule has 1 N–H and O–H groups in total. The molecular formula is C12H18N2O. The van der Waals surface area contributed by atoms with Crippen LogP contribution in [0.1, 0.15) is 19.4 Å². The maximum Gasteiger partial charge on any atom is 0.321 e. The predicted molar refractivity (Wildman–Crippen MR) is 63.3 cm³/mol. The zero-order valence-corrected chi connectivity index (χ0v) is 9.58. The second-order valence-electron chi connectivity index (χ2n) is 3.42. The number of urea groups is 1. The fourth-order valence-electron chi connectivity index (χ4n) is 1.41. The maximum atomic E-state index is 11.7. The number of nitrogens with one attached hydrogen (secondary N) is 1. The van der Waals surface area contributed by atoms with Gasteiger partial charge in [0.2, 0.25) is 0 Å². The Morgan fingerprint density at radius 2 is 1.87 bits per heavy atom. The summed E-state index contributed by atoms with van der Waals surface area (Å²) in [5, 5.41) is 2.80. The number of amides is 2. The van der Waals surface area contributed by atoms with Crippen molar-refractivity contribution in [2.75, 3.05) is 18.0 Å². The van der Waals surface area contributed by atoms with Crippen molar-refractivity contribution in [1.29, 1.82) is 0 Å². The molecule has 3 nitrogen and oxygen atoms in total. The highest BCUT2D eigenvalue weighted by Crippen LogP contribution is 2.14. The number of hydrogen-bond acceptors (Lipinski definition) is 1. The van der Waals surface area contributed by atoms with Crippen molar-refractivity contribution in [2.45, 2.75) is 20.8 Å².